The molecule has 3 heterocycles. The SMILES string of the molecule is Cc1nn(C2CCCCC2)c2sc(C(=O)NC3CCC(n4ccoc4=O)CC3)cc12. The molecule has 0 aliphatic heterocycles. The number of nitrogens with one attached hydrogen (secondary N) is 1. The minimum atomic E-state index is -0.296. The molecular weight excluding hydrogens is 400 g/mol. The summed E-state index contributed by atoms with van der Waals surface area (Å²) in [5, 5.41) is 9.11. The van der Waals surface area contributed by atoms with E-state index in [2.05, 4.69) is 10.00 Å². The molecule has 0 radical (unpaired) electrons. The van der Waals surface area contributed by atoms with Gasteiger partial charge in [0.1, 0.15) is 11.1 Å². The van der Waals surface area contributed by atoms with E-state index < -0.39 is 0 Å². The number of carbonyl (C=O) groups excluding carboxylic acids is 1. The Balaban J connectivity index is 1.26. The molecule has 1 N–H and O–H groups in total. The second-order valence-corrected chi connectivity index (χ2v) is 9.74. The Bertz CT molecular complexity index is 1090. The fraction of sp³-hybridized carbons (Fsp3) is 0.591. The van der Waals surface area contributed by atoms with Crippen LogP contribution >= 0.6 is 11.3 Å². The summed E-state index contributed by atoms with van der Waals surface area (Å²) in [6.07, 6.45) is 12.8. The average molecular weight is 429 g/mol. The van der Waals surface area contributed by atoms with Crippen LogP contribution in [0.5, 0.6) is 0 Å². The standard InChI is InChI=1S/C22H28N4O3S/c1-14-18-13-19(30-21(18)26(24-14)17-5-3-2-4-6-17)20(27)23-15-7-9-16(10-8-15)25-11-12-29-22(25)28/h11-13,15-17H,2-10H2,1H3,(H,23,27). The van der Waals surface area contributed by atoms with Gasteiger partial charge in [-0.1, -0.05) is 19.3 Å². The van der Waals surface area contributed by atoms with Gasteiger partial charge in [0, 0.05) is 23.7 Å². The fourth-order valence-electron chi connectivity index (χ4n) is 5.06. The third-order valence-electron chi connectivity index (χ3n) is 6.74. The van der Waals surface area contributed by atoms with E-state index in [9.17, 15) is 9.59 Å². The molecule has 30 heavy (non-hydrogen) atoms. The molecule has 2 saturated carbocycles. The molecule has 5 rings (SSSR count). The van der Waals surface area contributed by atoms with Crippen LogP contribution < -0.4 is 11.1 Å². The first-order valence-corrected chi connectivity index (χ1v) is 11.9. The zero-order valence-electron chi connectivity index (χ0n) is 17.3. The predicted octanol–water partition coefficient (Wildman–Crippen LogP) is 4.58. The van der Waals surface area contributed by atoms with Crippen LogP contribution in [0, 0.1) is 6.92 Å². The van der Waals surface area contributed by atoms with Gasteiger partial charge in [0.25, 0.3) is 5.91 Å². The fourth-order valence-corrected chi connectivity index (χ4v) is 6.19. The van der Waals surface area contributed by atoms with Gasteiger partial charge in [-0.15, -0.1) is 11.3 Å². The second-order valence-electron chi connectivity index (χ2n) is 8.71. The maximum atomic E-state index is 12.9. The van der Waals surface area contributed by atoms with E-state index >= 15 is 0 Å². The lowest BCUT2D eigenvalue weighted by Gasteiger charge is -2.29. The number of aromatic nitrogens is 3. The molecular formula is C22H28N4O3S. The Morgan fingerprint density at radius 1 is 1.13 bits per heavy atom. The zero-order chi connectivity index (χ0) is 20.7. The molecule has 0 aromatic carbocycles. The summed E-state index contributed by atoms with van der Waals surface area (Å²) in [5.41, 5.74) is 1.01. The molecule has 3 aromatic heterocycles. The first-order chi connectivity index (χ1) is 14.6. The zero-order valence-corrected chi connectivity index (χ0v) is 18.1. The number of thiophene rings is 1. The predicted molar refractivity (Wildman–Crippen MR) is 116 cm³/mol. The van der Waals surface area contributed by atoms with Gasteiger partial charge >= 0.3 is 5.76 Å². The minimum absolute atomic E-state index is 0.00900. The molecule has 8 heteroatoms. The van der Waals surface area contributed by atoms with E-state index in [-0.39, 0.29) is 23.7 Å². The molecule has 7 nitrogen and oxygen atoms in total. The van der Waals surface area contributed by atoms with Crippen molar-refractivity contribution in [2.45, 2.75) is 82.8 Å². The van der Waals surface area contributed by atoms with Gasteiger partial charge in [-0.3, -0.25) is 14.0 Å². The van der Waals surface area contributed by atoms with Crippen LogP contribution in [-0.2, 0) is 0 Å². The lowest BCUT2D eigenvalue weighted by Crippen LogP contribution is -2.38. The molecule has 2 aliphatic carbocycles. The van der Waals surface area contributed by atoms with Crippen molar-refractivity contribution in [2.24, 2.45) is 0 Å². The Labute approximate surface area is 179 Å². The normalized spacial score (nSPS) is 23.1. The Morgan fingerprint density at radius 2 is 1.90 bits per heavy atom. The smallest absolute Gasteiger partial charge is 0.416 e. The van der Waals surface area contributed by atoms with Gasteiger partial charge in [-0.2, -0.15) is 5.10 Å². The molecule has 0 atom stereocenters. The van der Waals surface area contributed by atoms with Gasteiger partial charge in [0.2, 0.25) is 0 Å². The van der Waals surface area contributed by atoms with E-state index in [1.165, 1.54) is 38.4 Å². The maximum absolute atomic E-state index is 12.9. The topological polar surface area (TPSA) is 82.1 Å². The molecule has 160 valence electrons. The molecule has 3 aromatic rings. The Morgan fingerprint density at radius 3 is 2.60 bits per heavy atom. The summed E-state index contributed by atoms with van der Waals surface area (Å²) in [6, 6.07) is 2.79. The summed E-state index contributed by atoms with van der Waals surface area (Å²) >= 11 is 1.57. The first-order valence-electron chi connectivity index (χ1n) is 11.1. The van der Waals surface area contributed by atoms with Crippen LogP contribution in [-0.4, -0.2) is 26.3 Å². The van der Waals surface area contributed by atoms with Gasteiger partial charge in [-0.05, 0) is 51.5 Å². The van der Waals surface area contributed by atoms with Gasteiger partial charge in [0.05, 0.1) is 16.6 Å². The first kappa shape index (κ1) is 19.6. The van der Waals surface area contributed by atoms with Crippen molar-refractivity contribution in [3.63, 3.8) is 0 Å². The van der Waals surface area contributed by atoms with E-state index in [1.54, 1.807) is 22.1 Å². The maximum Gasteiger partial charge on any atom is 0.419 e. The summed E-state index contributed by atoms with van der Waals surface area (Å²) in [6.45, 7) is 2.04. The highest BCUT2D eigenvalue weighted by Gasteiger charge is 2.27. The van der Waals surface area contributed by atoms with E-state index in [0.717, 1.165) is 46.5 Å². The van der Waals surface area contributed by atoms with Gasteiger partial charge in [-0.25, -0.2) is 4.79 Å². The number of carbonyl (C=O) groups is 1. The second kappa shape index (κ2) is 8.06. The molecule has 0 saturated heterocycles. The van der Waals surface area contributed by atoms with Crippen molar-refractivity contribution in [2.75, 3.05) is 0 Å². The van der Waals surface area contributed by atoms with Crippen molar-refractivity contribution in [3.05, 3.63) is 39.6 Å². The monoisotopic (exact) mass is 428 g/mol. The van der Waals surface area contributed by atoms with Gasteiger partial charge in [0.15, 0.2) is 0 Å². The van der Waals surface area contributed by atoms with Crippen molar-refractivity contribution >= 4 is 27.5 Å². The van der Waals surface area contributed by atoms with E-state index in [1.807, 2.05) is 13.0 Å². The van der Waals surface area contributed by atoms with Crippen LogP contribution in [0.1, 0.15) is 85.2 Å². The van der Waals surface area contributed by atoms with E-state index in [4.69, 9.17) is 9.52 Å². The number of nitrogens with zero attached hydrogens (tertiary/aromatic N) is 3. The Kier molecular flexibility index (Phi) is 5.26. The highest BCUT2D eigenvalue weighted by atomic mass is 32.1. The summed E-state index contributed by atoms with van der Waals surface area (Å²) < 4.78 is 8.73. The van der Waals surface area contributed by atoms with Crippen molar-refractivity contribution < 1.29 is 9.21 Å². The highest BCUT2D eigenvalue weighted by molar-refractivity contribution is 7.20. The Hall–Kier alpha value is -2.35. The number of rotatable bonds is 4. The number of amides is 1. The number of hydrogen-bond donors (Lipinski definition) is 1. The quantitative estimate of drug-likeness (QED) is 0.659. The van der Waals surface area contributed by atoms with Crippen LogP contribution in [0.4, 0.5) is 0 Å². The number of fused-ring (bicyclic) bond motifs is 1. The summed E-state index contributed by atoms with van der Waals surface area (Å²) in [4.78, 5) is 26.6. The molecule has 2 aliphatic rings. The molecule has 1 amide bonds. The lowest BCUT2D eigenvalue weighted by atomic mass is 9.91. The van der Waals surface area contributed by atoms with E-state index in [0.29, 0.717) is 6.04 Å². The van der Waals surface area contributed by atoms with Crippen LogP contribution in [0.15, 0.2) is 27.7 Å². The minimum Gasteiger partial charge on any atom is -0.416 e. The molecule has 0 unspecified atom stereocenters. The van der Waals surface area contributed by atoms with Crippen molar-refractivity contribution in [3.8, 4) is 0 Å². The largest absolute Gasteiger partial charge is 0.419 e. The molecule has 2 fully saturated rings. The van der Waals surface area contributed by atoms with Crippen LogP contribution in [0.3, 0.4) is 0 Å². The average Bonchev–Trinajstić information content (AvgIpc) is 3.46. The number of oxazole rings is 1. The summed E-state index contributed by atoms with van der Waals surface area (Å²) in [7, 11) is 0. The van der Waals surface area contributed by atoms with Crippen molar-refractivity contribution in [1.82, 2.24) is 19.7 Å². The number of hydrogen-bond acceptors (Lipinski definition) is 5. The third-order valence-corrected chi connectivity index (χ3v) is 7.86. The molecule has 0 bridgehead atoms. The van der Waals surface area contributed by atoms with Crippen molar-refractivity contribution in [1.29, 1.82) is 0 Å². The lowest BCUT2D eigenvalue weighted by molar-refractivity contribution is 0.0926. The van der Waals surface area contributed by atoms with Crippen LogP contribution in [0.25, 0.3) is 10.2 Å². The highest BCUT2D eigenvalue weighted by Crippen LogP contribution is 2.35. The number of aryl methyl sites for hydroxylation is 1. The van der Waals surface area contributed by atoms with Gasteiger partial charge < -0.3 is 9.73 Å². The molecule has 0 spiro atoms. The summed E-state index contributed by atoms with van der Waals surface area (Å²) in [5.74, 6) is -0.287. The van der Waals surface area contributed by atoms with Crippen LogP contribution in [0.2, 0.25) is 0 Å². The third kappa shape index (κ3) is 3.62.